The van der Waals surface area contributed by atoms with E-state index in [4.69, 9.17) is 4.74 Å². The molecule has 1 N–H and O–H groups in total. The predicted molar refractivity (Wildman–Crippen MR) is 115 cm³/mol. The number of hydrogen-bond donors (Lipinski definition) is 1. The lowest BCUT2D eigenvalue weighted by molar-refractivity contribution is 0.0914. The van der Waals surface area contributed by atoms with Gasteiger partial charge in [-0.2, -0.15) is 0 Å². The molecular weight excluding hydrogens is 459 g/mol. The lowest BCUT2D eigenvalue weighted by Crippen LogP contribution is -2.30. The molecule has 0 unspecified atom stereocenters. The van der Waals surface area contributed by atoms with Crippen molar-refractivity contribution in [3.05, 3.63) is 81.6 Å². The maximum Gasteiger partial charge on any atom is 0.271 e. The largest absolute Gasteiger partial charge is 0.491 e. The number of hydrogen-bond acceptors (Lipinski definition) is 5. The lowest BCUT2D eigenvalue weighted by Gasteiger charge is -2.13. The fourth-order valence-electron chi connectivity index (χ4n) is 2.83. The van der Waals surface area contributed by atoms with Crippen LogP contribution in [0.25, 0.3) is 20.7 Å². The van der Waals surface area contributed by atoms with Gasteiger partial charge in [0.05, 0.1) is 18.4 Å². The first-order valence-electron chi connectivity index (χ1n) is 8.81. The third kappa shape index (κ3) is 4.55. The van der Waals surface area contributed by atoms with Crippen molar-refractivity contribution < 1.29 is 14.2 Å². The van der Waals surface area contributed by atoms with Crippen molar-refractivity contribution in [1.82, 2.24) is 9.55 Å². The average Bonchev–Trinajstić information content (AvgIpc) is 3.15. The lowest BCUT2D eigenvalue weighted by atomic mass is 10.2. The summed E-state index contributed by atoms with van der Waals surface area (Å²) >= 11 is 4.79. The molecule has 0 amide bonds. The fraction of sp³-hybridized carbons (Fsp3) is 0.143. The minimum absolute atomic E-state index is 0.0231. The van der Waals surface area contributed by atoms with Crippen molar-refractivity contribution in [1.29, 1.82) is 0 Å². The molecule has 0 bridgehead atoms. The molecule has 29 heavy (non-hydrogen) atoms. The van der Waals surface area contributed by atoms with E-state index in [1.165, 1.54) is 46.5 Å². The molecular formula is C21H16BrFN2O3S. The van der Waals surface area contributed by atoms with E-state index in [0.29, 0.717) is 16.0 Å². The molecule has 0 saturated carbocycles. The van der Waals surface area contributed by atoms with Gasteiger partial charge in [-0.25, -0.2) is 9.37 Å². The topological polar surface area (TPSA) is 64.4 Å². The second-order valence-electron chi connectivity index (χ2n) is 6.45. The van der Waals surface area contributed by atoms with Crippen LogP contribution in [0.15, 0.2) is 70.2 Å². The van der Waals surface area contributed by atoms with Crippen molar-refractivity contribution >= 4 is 37.5 Å². The van der Waals surface area contributed by atoms with Crippen molar-refractivity contribution in [3.63, 3.8) is 0 Å². The molecule has 0 radical (unpaired) electrons. The normalized spacial score (nSPS) is 12.2. The van der Waals surface area contributed by atoms with E-state index in [0.717, 1.165) is 14.9 Å². The number of nitrogens with zero attached hydrogens (tertiary/aromatic N) is 2. The summed E-state index contributed by atoms with van der Waals surface area (Å²) in [4.78, 5) is 18.1. The number of aliphatic hydroxyl groups excluding tert-OH is 1. The summed E-state index contributed by atoms with van der Waals surface area (Å²) in [6.07, 6.45) is 0.520. The molecule has 0 aliphatic heterocycles. The Hall–Kier alpha value is -2.55. The van der Waals surface area contributed by atoms with Gasteiger partial charge in [0, 0.05) is 9.35 Å². The Morgan fingerprint density at radius 2 is 1.90 bits per heavy atom. The molecule has 5 nitrogen and oxygen atoms in total. The van der Waals surface area contributed by atoms with Crippen molar-refractivity contribution in [3.8, 4) is 16.2 Å². The van der Waals surface area contributed by atoms with Gasteiger partial charge in [-0.1, -0.05) is 28.1 Å². The number of aromatic nitrogens is 2. The van der Waals surface area contributed by atoms with Crippen LogP contribution in [-0.4, -0.2) is 27.4 Å². The Bertz CT molecular complexity index is 1190. The van der Waals surface area contributed by atoms with E-state index < -0.39 is 6.10 Å². The summed E-state index contributed by atoms with van der Waals surface area (Å²) in [5.74, 6) is 0.0889. The zero-order valence-electron chi connectivity index (χ0n) is 15.1. The first kappa shape index (κ1) is 19.8. The first-order valence-corrected chi connectivity index (χ1v) is 10.4. The predicted octanol–water partition coefficient (Wildman–Crippen LogP) is 4.47. The van der Waals surface area contributed by atoms with Gasteiger partial charge in [-0.3, -0.25) is 9.36 Å². The van der Waals surface area contributed by atoms with E-state index in [1.807, 2.05) is 30.3 Å². The number of aliphatic hydroxyl groups is 1. The SMILES string of the molecule is O=c1c2sc(-c3ccc(Br)cc3)cc2ncn1C[C@H](O)COc1ccc(F)cc1. The van der Waals surface area contributed by atoms with E-state index in [1.54, 1.807) is 0 Å². The highest BCUT2D eigenvalue weighted by Gasteiger charge is 2.13. The van der Waals surface area contributed by atoms with Crippen molar-refractivity contribution in [2.75, 3.05) is 6.61 Å². The zero-order valence-corrected chi connectivity index (χ0v) is 17.5. The zero-order chi connectivity index (χ0) is 20.4. The van der Waals surface area contributed by atoms with E-state index >= 15 is 0 Å². The quantitative estimate of drug-likeness (QED) is 0.447. The van der Waals surface area contributed by atoms with Crippen molar-refractivity contribution in [2.24, 2.45) is 0 Å². The van der Waals surface area contributed by atoms with Crippen LogP contribution < -0.4 is 10.3 Å². The molecule has 8 heteroatoms. The molecule has 0 spiro atoms. The van der Waals surface area contributed by atoms with Gasteiger partial charge in [0.25, 0.3) is 5.56 Å². The number of fused-ring (bicyclic) bond motifs is 1. The maximum absolute atomic E-state index is 12.9. The molecule has 0 fully saturated rings. The van der Waals surface area contributed by atoms with Crippen LogP contribution in [0.1, 0.15) is 0 Å². The Balaban J connectivity index is 1.50. The molecule has 148 valence electrons. The minimum Gasteiger partial charge on any atom is -0.491 e. The van der Waals surface area contributed by atoms with Crippen LogP contribution in [0.3, 0.4) is 0 Å². The van der Waals surface area contributed by atoms with Crippen LogP contribution in [0.4, 0.5) is 4.39 Å². The van der Waals surface area contributed by atoms with Crippen LogP contribution in [0, 0.1) is 5.82 Å². The van der Waals surface area contributed by atoms with Gasteiger partial charge in [-0.15, -0.1) is 11.3 Å². The maximum atomic E-state index is 12.9. The summed E-state index contributed by atoms with van der Waals surface area (Å²) in [7, 11) is 0. The van der Waals surface area contributed by atoms with Gasteiger partial charge in [0.1, 0.15) is 29.0 Å². The van der Waals surface area contributed by atoms with E-state index in [-0.39, 0.29) is 24.5 Å². The van der Waals surface area contributed by atoms with Gasteiger partial charge in [0.15, 0.2) is 0 Å². The van der Waals surface area contributed by atoms with Gasteiger partial charge < -0.3 is 9.84 Å². The monoisotopic (exact) mass is 474 g/mol. The van der Waals surface area contributed by atoms with Crippen LogP contribution in [0.2, 0.25) is 0 Å². The second-order valence-corrected chi connectivity index (χ2v) is 8.42. The Kier molecular flexibility index (Phi) is 5.75. The third-order valence-corrected chi connectivity index (χ3v) is 5.99. The Morgan fingerprint density at radius 3 is 2.62 bits per heavy atom. The van der Waals surface area contributed by atoms with Gasteiger partial charge in [-0.05, 0) is 48.0 Å². The molecule has 2 heterocycles. The summed E-state index contributed by atoms with van der Waals surface area (Å²) in [6, 6.07) is 15.3. The minimum atomic E-state index is -0.914. The van der Waals surface area contributed by atoms with Crippen molar-refractivity contribution in [2.45, 2.75) is 12.6 Å². The highest BCUT2D eigenvalue weighted by atomic mass is 79.9. The number of ether oxygens (including phenoxy) is 1. The third-order valence-electron chi connectivity index (χ3n) is 4.30. The number of thiophene rings is 1. The van der Waals surface area contributed by atoms with Crippen LogP contribution >= 0.6 is 27.3 Å². The number of benzene rings is 2. The molecule has 2 aromatic carbocycles. The van der Waals surface area contributed by atoms with Gasteiger partial charge >= 0.3 is 0 Å². The molecule has 4 aromatic rings. The second kappa shape index (κ2) is 8.44. The summed E-state index contributed by atoms with van der Waals surface area (Å²) in [5, 5.41) is 10.2. The molecule has 1 atom stereocenters. The smallest absolute Gasteiger partial charge is 0.271 e. The average molecular weight is 475 g/mol. The standard InChI is InChI=1S/C21H16BrFN2O3S/c22-14-3-1-13(2-4-14)19-9-18-20(29-19)21(27)25(12-24-18)10-16(26)11-28-17-7-5-15(23)6-8-17/h1-9,12,16,26H,10-11H2/t16-/m0/s1. The fourth-order valence-corrected chi connectivity index (χ4v) is 4.16. The summed E-state index contributed by atoms with van der Waals surface area (Å²) in [5.41, 5.74) is 1.44. The van der Waals surface area contributed by atoms with E-state index in [2.05, 4.69) is 20.9 Å². The molecule has 0 aliphatic carbocycles. The van der Waals surface area contributed by atoms with E-state index in [9.17, 15) is 14.3 Å². The molecule has 4 rings (SSSR count). The molecule has 0 saturated heterocycles. The van der Waals surface area contributed by atoms with Gasteiger partial charge in [0.2, 0.25) is 0 Å². The number of rotatable bonds is 6. The highest BCUT2D eigenvalue weighted by Crippen LogP contribution is 2.31. The first-order chi connectivity index (χ1) is 14.0. The summed E-state index contributed by atoms with van der Waals surface area (Å²) in [6.45, 7) is 0.0270. The molecule has 2 aromatic heterocycles. The molecule has 0 aliphatic rings. The Labute approximate surface area is 178 Å². The number of halogens is 2. The Morgan fingerprint density at radius 1 is 1.17 bits per heavy atom. The van der Waals surface area contributed by atoms with Crippen LogP contribution in [0.5, 0.6) is 5.75 Å². The van der Waals surface area contributed by atoms with Crippen LogP contribution in [-0.2, 0) is 6.54 Å². The highest BCUT2D eigenvalue weighted by molar-refractivity contribution is 9.10. The summed E-state index contributed by atoms with van der Waals surface area (Å²) < 4.78 is 21.3.